The number of benzene rings is 1. The van der Waals surface area contributed by atoms with Crippen LogP contribution in [-0.2, 0) is 0 Å². The van der Waals surface area contributed by atoms with Crippen molar-refractivity contribution < 1.29 is 19.1 Å². The van der Waals surface area contributed by atoms with Crippen molar-refractivity contribution in [3.63, 3.8) is 0 Å². The van der Waals surface area contributed by atoms with Gasteiger partial charge in [0.05, 0.1) is 26.0 Å². The van der Waals surface area contributed by atoms with Crippen molar-refractivity contribution in [1.82, 2.24) is 4.90 Å². The van der Waals surface area contributed by atoms with Crippen molar-refractivity contribution in [2.75, 3.05) is 20.8 Å². The summed E-state index contributed by atoms with van der Waals surface area (Å²) in [4.78, 5) is 13.9. The minimum absolute atomic E-state index is 0.172. The van der Waals surface area contributed by atoms with Gasteiger partial charge in [0.15, 0.2) is 5.76 Å². The number of hydrogen-bond donors (Lipinski definition) is 1. The van der Waals surface area contributed by atoms with E-state index in [0.717, 1.165) is 16.9 Å². The summed E-state index contributed by atoms with van der Waals surface area (Å²) in [5.41, 5.74) is 1.61. The van der Waals surface area contributed by atoms with Crippen molar-refractivity contribution in [1.29, 1.82) is 0 Å². The van der Waals surface area contributed by atoms with Crippen LogP contribution in [0.3, 0.4) is 0 Å². The van der Waals surface area contributed by atoms with Crippen LogP contribution < -0.4 is 4.74 Å². The molecule has 21 heavy (non-hydrogen) atoms. The molecule has 1 aromatic carbocycles. The third-order valence-corrected chi connectivity index (χ3v) is 3.52. The molecule has 1 aromatic heterocycles. The second-order valence-electron chi connectivity index (χ2n) is 4.82. The van der Waals surface area contributed by atoms with E-state index in [-0.39, 0.29) is 12.5 Å². The number of furan rings is 1. The van der Waals surface area contributed by atoms with Crippen LogP contribution in [0, 0.1) is 6.92 Å². The Morgan fingerprint density at radius 2 is 2.00 bits per heavy atom. The molecule has 1 unspecified atom stereocenters. The van der Waals surface area contributed by atoms with Crippen LogP contribution in [0.15, 0.2) is 41.0 Å². The standard InChI is InChI=1S/C16H19NO4/c1-11-8-9-21-15(11)16(19)17(2)14(10-18)12-4-6-13(20-3)7-5-12/h4-9,14,18H,10H2,1-3H3. The third-order valence-electron chi connectivity index (χ3n) is 3.52. The molecule has 0 fully saturated rings. The first-order chi connectivity index (χ1) is 10.1. The van der Waals surface area contributed by atoms with Crippen molar-refractivity contribution in [3.05, 3.63) is 53.5 Å². The second kappa shape index (κ2) is 6.45. The molecule has 5 heteroatoms. The van der Waals surface area contributed by atoms with E-state index in [4.69, 9.17) is 9.15 Å². The van der Waals surface area contributed by atoms with E-state index >= 15 is 0 Å². The Bertz CT molecular complexity index is 603. The van der Waals surface area contributed by atoms with Gasteiger partial charge in [-0.15, -0.1) is 0 Å². The third kappa shape index (κ3) is 3.08. The van der Waals surface area contributed by atoms with Gasteiger partial charge in [0.2, 0.25) is 0 Å². The van der Waals surface area contributed by atoms with Crippen LogP contribution in [0.4, 0.5) is 0 Å². The first kappa shape index (κ1) is 15.1. The van der Waals surface area contributed by atoms with Crippen molar-refractivity contribution in [2.45, 2.75) is 13.0 Å². The molecule has 1 heterocycles. The van der Waals surface area contributed by atoms with Gasteiger partial charge >= 0.3 is 0 Å². The van der Waals surface area contributed by atoms with Crippen LogP contribution in [0.1, 0.15) is 27.7 Å². The van der Waals surface area contributed by atoms with E-state index in [2.05, 4.69) is 0 Å². The van der Waals surface area contributed by atoms with Gasteiger partial charge in [-0.25, -0.2) is 0 Å². The normalized spacial score (nSPS) is 12.0. The topological polar surface area (TPSA) is 62.9 Å². The number of likely N-dealkylation sites (N-methyl/N-ethyl adjacent to an activating group) is 1. The zero-order valence-electron chi connectivity index (χ0n) is 12.4. The number of aliphatic hydroxyl groups excluding tert-OH is 1. The highest BCUT2D eigenvalue weighted by atomic mass is 16.5. The van der Waals surface area contributed by atoms with Gasteiger partial charge in [-0.2, -0.15) is 0 Å². The molecule has 0 aliphatic carbocycles. The Morgan fingerprint density at radius 3 is 2.48 bits per heavy atom. The average Bonchev–Trinajstić information content (AvgIpc) is 2.94. The van der Waals surface area contributed by atoms with Crippen LogP contribution in [0.5, 0.6) is 5.75 Å². The highest BCUT2D eigenvalue weighted by Crippen LogP contribution is 2.24. The van der Waals surface area contributed by atoms with Crippen LogP contribution >= 0.6 is 0 Å². The summed E-state index contributed by atoms with van der Waals surface area (Å²) in [7, 11) is 3.24. The lowest BCUT2D eigenvalue weighted by atomic mass is 10.1. The van der Waals surface area contributed by atoms with E-state index in [0.29, 0.717) is 5.76 Å². The van der Waals surface area contributed by atoms with Crippen LogP contribution in [-0.4, -0.2) is 36.7 Å². The maximum Gasteiger partial charge on any atom is 0.290 e. The Hall–Kier alpha value is -2.27. The molecule has 5 nitrogen and oxygen atoms in total. The molecule has 2 rings (SSSR count). The fourth-order valence-electron chi connectivity index (χ4n) is 2.17. The number of methoxy groups -OCH3 is 1. The first-order valence-corrected chi connectivity index (χ1v) is 6.64. The number of aliphatic hydroxyl groups is 1. The molecular weight excluding hydrogens is 270 g/mol. The highest BCUT2D eigenvalue weighted by Gasteiger charge is 2.25. The number of amides is 1. The quantitative estimate of drug-likeness (QED) is 0.918. The number of rotatable bonds is 5. The Kier molecular flexibility index (Phi) is 4.65. The zero-order chi connectivity index (χ0) is 15.4. The van der Waals surface area contributed by atoms with E-state index in [1.54, 1.807) is 32.4 Å². The lowest BCUT2D eigenvalue weighted by Crippen LogP contribution is -2.33. The van der Waals surface area contributed by atoms with Gasteiger partial charge in [-0.1, -0.05) is 12.1 Å². The molecule has 1 atom stereocenters. The van der Waals surface area contributed by atoms with E-state index in [1.807, 2.05) is 19.1 Å². The van der Waals surface area contributed by atoms with Gasteiger partial charge in [0.1, 0.15) is 5.75 Å². The van der Waals surface area contributed by atoms with Crippen LogP contribution in [0.2, 0.25) is 0 Å². The monoisotopic (exact) mass is 289 g/mol. The number of carbonyl (C=O) groups is 1. The zero-order valence-corrected chi connectivity index (χ0v) is 12.4. The second-order valence-corrected chi connectivity index (χ2v) is 4.82. The lowest BCUT2D eigenvalue weighted by molar-refractivity contribution is 0.0626. The van der Waals surface area contributed by atoms with Crippen LogP contribution in [0.25, 0.3) is 0 Å². The average molecular weight is 289 g/mol. The predicted molar refractivity (Wildman–Crippen MR) is 78.4 cm³/mol. The number of aryl methyl sites for hydroxylation is 1. The summed E-state index contributed by atoms with van der Waals surface area (Å²) in [6, 6.07) is 8.57. The molecule has 0 saturated carbocycles. The Balaban J connectivity index is 2.23. The molecular formula is C16H19NO4. The summed E-state index contributed by atoms with van der Waals surface area (Å²) < 4.78 is 10.3. The molecule has 0 aliphatic rings. The fraction of sp³-hybridized carbons (Fsp3) is 0.312. The molecule has 1 amide bonds. The molecule has 0 aliphatic heterocycles. The molecule has 0 spiro atoms. The largest absolute Gasteiger partial charge is 0.497 e. The SMILES string of the molecule is COc1ccc(C(CO)N(C)C(=O)c2occc2C)cc1. The fourth-order valence-corrected chi connectivity index (χ4v) is 2.17. The number of carbonyl (C=O) groups excluding carboxylic acids is 1. The maximum atomic E-state index is 12.4. The molecule has 1 N–H and O–H groups in total. The summed E-state index contributed by atoms with van der Waals surface area (Å²) >= 11 is 0. The molecule has 2 aromatic rings. The maximum absolute atomic E-state index is 12.4. The highest BCUT2D eigenvalue weighted by molar-refractivity contribution is 5.93. The Labute approximate surface area is 123 Å². The molecule has 0 bridgehead atoms. The minimum Gasteiger partial charge on any atom is -0.497 e. The molecule has 0 radical (unpaired) electrons. The van der Waals surface area contributed by atoms with E-state index < -0.39 is 6.04 Å². The summed E-state index contributed by atoms with van der Waals surface area (Å²) in [5.74, 6) is 0.767. The van der Waals surface area contributed by atoms with Gasteiger partial charge in [-0.05, 0) is 30.7 Å². The predicted octanol–water partition coefficient (Wildman–Crippen LogP) is 2.40. The van der Waals surface area contributed by atoms with E-state index in [1.165, 1.54) is 11.2 Å². The van der Waals surface area contributed by atoms with E-state index in [9.17, 15) is 9.90 Å². The van der Waals surface area contributed by atoms with Crippen molar-refractivity contribution in [3.8, 4) is 5.75 Å². The van der Waals surface area contributed by atoms with Crippen molar-refractivity contribution >= 4 is 5.91 Å². The summed E-state index contributed by atoms with van der Waals surface area (Å²) in [6.07, 6.45) is 1.48. The van der Waals surface area contributed by atoms with Gasteiger partial charge in [0, 0.05) is 12.6 Å². The molecule has 0 saturated heterocycles. The Morgan fingerprint density at radius 1 is 1.33 bits per heavy atom. The number of hydrogen-bond acceptors (Lipinski definition) is 4. The van der Waals surface area contributed by atoms with Gasteiger partial charge in [0.25, 0.3) is 5.91 Å². The number of nitrogens with zero attached hydrogens (tertiary/aromatic N) is 1. The number of ether oxygens (including phenoxy) is 1. The van der Waals surface area contributed by atoms with Crippen molar-refractivity contribution in [2.24, 2.45) is 0 Å². The first-order valence-electron chi connectivity index (χ1n) is 6.64. The summed E-state index contributed by atoms with van der Waals surface area (Å²) in [5, 5.41) is 9.64. The summed E-state index contributed by atoms with van der Waals surface area (Å²) in [6.45, 7) is 1.64. The smallest absolute Gasteiger partial charge is 0.290 e. The lowest BCUT2D eigenvalue weighted by Gasteiger charge is -2.26. The van der Waals surface area contributed by atoms with Gasteiger partial charge < -0.3 is 19.2 Å². The molecule has 112 valence electrons. The van der Waals surface area contributed by atoms with Gasteiger partial charge in [-0.3, -0.25) is 4.79 Å². The minimum atomic E-state index is -0.437.